The van der Waals surface area contributed by atoms with Gasteiger partial charge >= 0.3 is 0 Å². The molecular weight excluding hydrogens is 201 g/mol. The van der Waals surface area contributed by atoms with Gasteiger partial charge in [-0.15, -0.1) is 11.6 Å². The van der Waals surface area contributed by atoms with Crippen LogP contribution in [0.4, 0.5) is 10.1 Å². The predicted octanol–water partition coefficient (Wildman–Crippen LogP) is 3.41. The number of alkyl halides is 1. The molecule has 0 amide bonds. The van der Waals surface area contributed by atoms with Crippen LogP contribution in [0.1, 0.15) is 19.4 Å². The Balaban J connectivity index is 3.02. The van der Waals surface area contributed by atoms with Crippen molar-refractivity contribution >= 4 is 17.3 Å². The van der Waals surface area contributed by atoms with Crippen molar-refractivity contribution in [3.8, 4) is 0 Å². The second-order valence-electron chi connectivity index (χ2n) is 3.66. The number of anilines is 1. The summed E-state index contributed by atoms with van der Waals surface area (Å²) in [5, 5.41) is 0. The number of benzene rings is 1. The Labute approximate surface area is 89.5 Å². The Bertz CT molecular complexity index is 312. The Morgan fingerprint density at radius 2 is 2.00 bits per heavy atom. The van der Waals surface area contributed by atoms with Crippen LogP contribution in [0, 0.1) is 5.82 Å². The van der Waals surface area contributed by atoms with Crippen LogP contribution >= 0.6 is 11.6 Å². The Morgan fingerprint density at radius 1 is 1.36 bits per heavy atom. The lowest BCUT2D eigenvalue weighted by Gasteiger charge is -2.24. The van der Waals surface area contributed by atoms with E-state index in [0.29, 0.717) is 11.9 Å². The lowest BCUT2D eigenvalue weighted by Crippen LogP contribution is -2.25. The number of rotatable bonds is 3. The number of nitrogens with zero attached hydrogens (tertiary/aromatic N) is 1. The van der Waals surface area contributed by atoms with Crippen molar-refractivity contribution in [3.05, 3.63) is 29.6 Å². The Hall–Kier alpha value is -0.760. The minimum Gasteiger partial charge on any atom is -0.372 e. The molecule has 1 nitrogen and oxygen atoms in total. The van der Waals surface area contributed by atoms with E-state index < -0.39 is 0 Å². The van der Waals surface area contributed by atoms with E-state index >= 15 is 0 Å². The third-order valence-corrected chi connectivity index (χ3v) is 2.59. The fourth-order valence-electron chi connectivity index (χ4n) is 1.21. The summed E-state index contributed by atoms with van der Waals surface area (Å²) in [6, 6.07) is 5.25. The zero-order valence-corrected chi connectivity index (χ0v) is 9.48. The van der Waals surface area contributed by atoms with Gasteiger partial charge in [-0.2, -0.15) is 0 Å². The average molecular weight is 216 g/mol. The molecule has 3 heteroatoms. The first-order chi connectivity index (χ1) is 6.54. The lowest BCUT2D eigenvalue weighted by atomic mass is 10.2. The maximum absolute atomic E-state index is 13.2. The highest BCUT2D eigenvalue weighted by Crippen LogP contribution is 2.20. The van der Waals surface area contributed by atoms with E-state index in [9.17, 15) is 4.39 Å². The summed E-state index contributed by atoms with van der Waals surface area (Å²) in [6.45, 7) is 4.12. The largest absolute Gasteiger partial charge is 0.372 e. The fourth-order valence-corrected chi connectivity index (χ4v) is 1.37. The van der Waals surface area contributed by atoms with Crippen LogP contribution in [-0.4, -0.2) is 13.1 Å². The predicted molar refractivity (Wildman–Crippen MR) is 59.5 cm³/mol. The second-order valence-corrected chi connectivity index (χ2v) is 3.92. The van der Waals surface area contributed by atoms with Gasteiger partial charge in [-0.1, -0.05) is 0 Å². The van der Waals surface area contributed by atoms with Crippen LogP contribution in [-0.2, 0) is 5.88 Å². The van der Waals surface area contributed by atoms with E-state index in [4.69, 9.17) is 11.6 Å². The van der Waals surface area contributed by atoms with Gasteiger partial charge < -0.3 is 4.90 Å². The highest BCUT2D eigenvalue weighted by molar-refractivity contribution is 6.17. The van der Waals surface area contributed by atoms with Crippen LogP contribution < -0.4 is 4.90 Å². The number of hydrogen-bond acceptors (Lipinski definition) is 1. The van der Waals surface area contributed by atoms with Gasteiger partial charge in [0, 0.05) is 24.7 Å². The molecule has 0 saturated heterocycles. The first kappa shape index (κ1) is 11.3. The van der Waals surface area contributed by atoms with E-state index in [0.717, 1.165) is 11.3 Å². The van der Waals surface area contributed by atoms with Crippen LogP contribution in [0.5, 0.6) is 0 Å². The van der Waals surface area contributed by atoms with E-state index in [1.165, 1.54) is 12.1 Å². The third kappa shape index (κ3) is 2.61. The normalized spacial score (nSPS) is 10.7. The zero-order chi connectivity index (χ0) is 10.7. The van der Waals surface area contributed by atoms with Crippen LogP contribution in [0.2, 0.25) is 0 Å². The molecule has 0 unspecified atom stereocenters. The summed E-state index contributed by atoms with van der Waals surface area (Å²) in [5.41, 5.74) is 1.69. The van der Waals surface area contributed by atoms with Crippen molar-refractivity contribution in [2.45, 2.75) is 25.8 Å². The molecule has 0 spiro atoms. The van der Waals surface area contributed by atoms with Crippen LogP contribution in [0.25, 0.3) is 0 Å². The van der Waals surface area contributed by atoms with Gasteiger partial charge in [0.15, 0.2) is 0 Å². The molecular formula is C11H15ClFN. The number of hydrogen-bond donors (Lipinski definition) is 0. The maximum Gasteiger partial charge on any atom is 0.125 e. The second kappa shape index (κ2) is 4.65. The Kier molecular flexibility index (Phi) is 3.76. The molecule has 0 N–H and O–H groups in total. The van der Waals surface area contributed by atoms with Gasteiger partial charge in [0.05, 0.1) is 0 Å². The van der Waals surface area contributed by atoms with Crippen molar-refractivity contribution in [3.63, 3.8) is 0 Å². The summed E-state index contributed by atoms with van der Waals surface area (Å²) < 4.78 is 13.2. The number of halogens is 2. The summed E-state index contributed by atoms with van der Waals surface area (Å²) in [5.74, 6) is 0.113. The molecule has 0 radical (unpaired) electrons. The topological polar surface area (TPSA) is 3.24 Å². The molecule has 0 heterocycles. The van der Waals surface area contributed by atoms with Crippen LogP contribution in [0.15, 0.2) is 18.2 Å². The van der Waals surface area contributed by atoms with Crippen molar-refractivity contribution in [2.75, 3.05) is 11.9 Å². The van der Waals surface area contributed by atoms with Crippen molar-refractivity contribution in [1.29, 1.82) is 0 Å². The van der Waals surface area contributed by atoms with Crippen molar-refractivity contribution in [1.82, 2.24) is 0 Å². The van der Waals surface area contributed by atoms with E-state index in [-0.39, 0.29) is 5.82 Å². The lowest BCUT2D eigenvalue weighted by molar-refractivity contribution is 0.624. The van der Waals surface area contributed by atoms with Gasteiger partial charge in [0.1, 0.15) is 5.82 Å². The maximum atomic E-state index is 13.2. The molecule has 1 rings (SSSR count). The van der Waals surface area contributed by atoms with E-state index in [1.54, 1.807) is 0 Å². The van der Waals surface area contributed by atoms with Crippen molar-refractivity contribution < 1.29 is 4.39 Å². The van der Waals surface area contributed by atoms with Gasteiger partial charge in [0.2, 0.25) is 0 Å². The summed E-state index contributed by atoms with van der Waals surface area (Å²) in [6.07, 6.45) is 0. The van der Waals surface area contributed by atoms with E-state index in [1.807, 2.05) is 18.0 Å². The first-order valence-corrected chi connectivity index (χ1v) is 5.16. The molecule has 0 aliphatic rings. The molecule has 1 aromatic carbocycles. The average Bonchev–Trinajstić information content (AvgIpc) is 2.15. The molecule has 0 fully saturated rings. The molecule has 1 aromatic rings. The van der Waals surface area contributed by atoms with Crippen LogP contribution in [0.3, 0.4) is 0 Å². The molecule has 0 atom stereocenters. The monoisotopic (exact) mass is 215 g/mol. The summed E-state index contributed by atoms with van der Waals surface area (Å²) >= 11 is 5.67. The van der Waals surface area contributed by atoms with Crippen molar-refractivity contribution in [2.24, 2.45) is 0 Å². The van der Waals surface area contributed by atoms with E-state index in [2.05, 4.69) is 13.8 Å². The Morgan fingerprint density at radius 3 is 2.50 bits per heavy atom. The molecule has 14 heavy (non-hydrogen) atoms. The molecule has 0 aliphatic carbocycles. The highest BCUT2D eigenvalue weighted by atomic mass is 35.5. The smallest absolute Gasteiger partial charge is 0.125 e. The molecule has 0 aliphatic heterocycles. The molecule has 0 aromatic heterocycles. The van der Waals surface area contributed by atoms with Gasteiger partial charge in [-0.25, -0.2) is 4.39 Å². The minimum atomic E-state index is -0.231. The summed E-state index contributed by atoms with van der Waals surface area (Å²) in [4.78, 5) is 2.01. The third-order valence-electron chi connectivity index (χ3n) is 2.28. The first-order valence-electron chi connectivity index (χ1n) is 4.63. The minimum absolute atomic E-state index is 0.231. The molecule has 0 bridgehead atoms. The SMILES string of the molecule is CC(C)N(C)c1cc(F)cc(CCl)c1. The fraction of sp³-hybridized carbons (Fsp3) is 0.455. The standard InChI is InChI=1S/C11H15ClFN/c1-8(2)14(3)11-5-9(7-12)4-10(13)6-11/h4-6,8H,7H2,1-3H3. The molecule has 0 saturated carbocycles. The van der Waals surface area contributed by atoms with Gasteiger partial charge in [0.25, 0.3) is 0 Å². The quantitative estimate of drug-likeness (QED) is 0.699. The molecule has 78 valence electrons. The summed E-state index contributed by atoms with van der Waals surface area (Å²) in [7, 11) is 1.94. The highest BCUT2D eigenvalue weighted by Gasteiger charge is 2.07. The van der Waals surface area contributed by atoms with Gasteiger partial charge in [-0.05, 0) is 37.6 Å². The zero-order valence-electron chi connectivity index (χ0n) is 8.72. The van der Waals surface area contributed by atoms with Gasteiger partial charge in [-0.3, -0.25) is 0 Å².